The Labute approximate surface area is 129 Å². The van der Waals surface area contributed by atoms with E-state index in [9.17, 15) is 9.18 Å². The second-order valence-corrected chi connectivity index (χ2v) is 6.45. The maximum absolute atomic E-state index is 13.2. The molecule has 1 atom stereocenters. The SMILES string of the molecule is CC1Cc2ccccc2N1C(=O)C1(c2ccc(F)cc2)CC1. The predicted molar refractivity (Wildman–Crippen MR) is 84.4 cm³/mol. The average molecular weight is 295 g/mol. The molecule has 1 saturated carbocycles. The van der Waals surface area contributed by atoms with E-state index in [-0.39, 0.29) is 17.8 Å². The van der Waals surface area contributed by atoms with Gasteiger partial charge in [0.15, 0.2) is 0 Å². The first-order chi connectivity index (χ1) is 10.6. The minimum atomic E-state index is -0.445. The fraction of sp³-hybridized carbons (Fsp3) is 0.316. The molecule has 1 unspecified atom stereocenters. The molecule has 4 rings (SSSR count). The van der Waals surface area contributed by atoms with Gasteiger partial charge in [0.2, 0.25) is 5.91 Å². The second-order valence-electron chi connectivity index (χ2n) is 6.45. The topological polar surface area (TPSA) is 20.3 Å². The van der Waals surface area contributed by atoms with Gasteiger partial charge in [-0.25, -0.2) is 4.39 Å². The van der Waals surface area contributed by atoms with Crippen molar-refractivity contribution < 1.29 is 9.18 Å². The van der Waals surface area contributed by atoms with Crippen molar-refractivity contribution in [2.45, 2.75) is 37.6 Å². The van der Waals surface area contributed by atoms with E-state index in [2.05, 4.69) is 13.0 Å². The molecular weight excluding hydrogens is 277 g/mol. The monoisotopic (exact) mass is 295 g/mol. The van der Waals surface area contributed by atoms with Crippen LogP contribution in [-0.4, -0.2) is 11.9 Å². The van der Waals surface area contributed by atoms with Gasteiger partial charge < -0.3 is 4.90 Å². The zero-order valence-corrected chi connectivity index (χ0v) is 12.6. The van der Waals surface area contributed by atoms with Gasteiger partial charge in [0.25, 0.3) is 0 Å². The number of benzene rings is 2. The summed E-state index contributed by atoms with van der Waals surface area (Å²) in [6.45, 7) is 2.10. The Kier molecular flexibility index (Phi) is 2.86. The first-order valence-corrected chi connectivity index (χ1v) is 7.79. The van der Waals surface area contributed by atoms with Crippen LogP contribution in [-0.2, 0) is 16.6 Å². The molecule has 1 amide bonds. The van der Waals surface area contributed by atoms with Gasteiger partial charge in [0.1, 0.15) is 5.82 Å². The third-order valence-corrected chi connectivity index (χ3v) is 4.98. The van der Waals surface area contributed by atoms with E-state index >= 15 is 0 Å². The lowest BCUT2D eigenvalue weighted by Gasteiger charge is -2.28. The van der Waals surface area contributed by atoms with Gasteiger partial charge in [0.05, 0.1) is 5.41 Å². The van der Waals surface area contributed by atoms with Crippen molar-refractivity contribution >= 4 is 11.6 Å². The van der Waals surface area contributed by atoms with E-state index in [0.29, 0.717) is 0 Å². The minimum absolute atomic E-state index is 0.163. The van der Waals surface area contributed by atoms with Gasteiger partial charge in [-0.2, -0.15) is 0 Å². The summed E-state index contributed by atoms with van der Waals surface area (Å²) >= 11 is 0. The van der Waals surface area contributed by atoms with Crippen LogP contribution in [0.15, 0.2) is 48.5 Å². The molecule has 1 aliphatic carbocycles. The number of carbonyl (C=O) groups excluding carboxylic acids is 1. The molecule has 22 heavy (non-hydrogen) atoms. The Morgan fingerprint density at radius 1 is 1.14 bits per heavy atom. The van der Waals surface area contributed by atoms with E-state index in [0.717, 1.165) is 30.5 Å². The molecule has 2 aromatic carbocycles. The van der Waals surface area contributed by atoms with Crippen LogP contribution in [0, 0.1) is 5.82 Å². The highest BCUT2D eigenvalue weighted by Gasteiger charge is 2.54. The molecule has 1 heterocycles. The van der Waals surface area contributed by atoms with Crippen molar-refractivity contribution in [3.8, 4) is 0 Å². The van der Waals surface area contributed by atoms with Gasteiger partial charge in [-0.3, -0.25) is 4.79 Å². The fourth-order valence-electron chi connectivity index (χ4n) is 3.63. The number of nitrogens with zero attached hydrogens (tertiary/aromatic N) is 1. The Hall–Kier alpha value is -2.16. The molecule has 0 spiro atoms. The van der Waals surface area contributed by atoms with Crippen LogP contribution in [0.5, 0.6) is 0 Å². The quantitative estimate of drug-likeness (QED) is 0.824. The Morgan fingerprint density at radius 2 is 1.82 bits per heavy atom. The number of amides is 1. The van der Waals surface area contributed by atoms with Crippen LogP contribution in [0.4, 0.5) is 10.1 Å². The summed E-state index contributed by atoms with van der Waals surface area (Å²) in [7, 11) is 0. The van der Waals surface area contributed by atoms with Crippen molar-refractivity contribution in [1.29, 1.82) is 0 Å². The summed E-state index contributed by atoms with van der Waals surface area (Å²) < 4.78 is 13.2. The predicted octanol–water partition coefficient (Wildman–Crippen LogP) is 3.84. The van der Waals surface area contributed by atoms with Gasteiger partial charge in [-0.15, -0.1) is 0 Å². The summed E-state index contributed by atoms with van der Waals surface area (Å²) in [4.78, 5) is 15.2. The number of hydrogen-bond acceptors (Lipinski definition) is 1. The van der Waals surface area contributed by atoms with Gasteiger partial charge >= 0.3 is 0 Å². The third-order valence-electron chi connectivity index (χ3n) is 4.98. The van der Waals surface area contributed by atoms with Crippen LogP contribution in [0.3, 0.4) is 0 Å². The van der Waals surface area contributed by atoms with Gasteiger partial charge in [-0.1, -0.05) is 30.3 Å². The van der Waals surface area contributed by atoms with E-state index in [1.807, 2.05) is 23.1 Å². The number of anilines is 1. The second kappa shape index (κ2) is 4.67. The van der Waals surface area contributed by atoms with E-state index in [1.165, 1.54) is 17.7 Å². The highest BCUT2D eigenvalue weighted by molar-refractivity contribution is 6.05. The zero-order valence-electron chi connectivity index (χ0n) is 12.6. The highest BCUT2D eigenvalue weighted by Crippen LogP contribution is 2.51. The molecule has 1 aliphatic heterocycles. The van der Waals surface area contributed by atoms with Crippen LogP contribution < -0.4 is 4.90 Å². The van der Waals surface area contributed by atoms with Crippen molar-refractivity contribution in [3.63, 3.8) is 0 Å². The molecular formula is C19H18FNO. The molecule has 0 saturated heterocycles. The van der Waals surface area contributed by atoms with Crippen molar-refractivity contribution in [3.05, 3.63) is 65.5 Å². The molecule has 112 valence electrons. The lowest BCUT2D eigenvalue weighted by Crippen LogP contribution is -2.42. The molecule has 0 radical (unpaired) electrons. The normalized spacial score (nSPS) is 21.5. The average Bonchev–Trinajstić information content (AvgIpc) is 3.25. The zero-order chi connectivity index (χ0) is 15.3. The molecule has 2 nitrogen and oxygen atoms in total. The number of rotatable bonds is 2. The van der Waals surface area contributed by atoms with Crippen LogP contribution in [0.25, 0.3) is 0 Å². The van der Waals surface area contributed by atoms with Crippen molar-refractivity contribution in [1.82, 2.24) is 0 Å². The summed E-state index contributed by atoms with van der Waals surface area (Å²) in [6.07, 6.45) is 2.60. The summed E-state index contributed by atoms with van der Waals surface area (Å²) in [5, 5.41) is 0. The molecule has 0 aromatic heterocycles. The van der Waals surface area contributed by atoms with E-state index in [4.69, 9.17) is 0 Å². The third kappa shape index (κ3) is 1.88. The standard InChI is InChI=1S/C19H18FNO/c1-13-12-14-4-2-3-5-17(14)21(13)18(22)19(10-11-19)15-6-8-16(20)9-7-15/h2-9,13H,10-12H2,1H3. The minimum Gasteiger partial charge on any atom is -0.308 e. The van der Waals surface area contributed by atoms with E-state index in [1.54, 1.807) is 12.1 Å². The first kappa shape index (κ1) is 13.5. The van der Waals surface area contributed by atoms with Crippen molar-refractivity contribution in [2.75, 3.05) is 4.90 Å². The lowest BCUT2D eigenvalue weighted by atomic mass is 9.94. The Morgan fingerprint density at radius 3 is 2.50 bits per heavy atom. The number of halogens is 1. The number of carbonyl (C=O) groups is 1. The molecule has 0 N–H and O–H groups in total. The van der Waals surface area contributed by atoms with Crippen LogP contribution in [0.2, 0.25) is 0 Å². The molecule has 0 bridgehead atoms. The lowest BCUT2D eigenvalue weighted by molar-refractivity contribution is -0.121. The Balaban J connectivity index is 1.71. The smallest absolute Gasteiger partial charge is 0.237 e. The molecule has 2 aromatic rings. The summed E-state index contributed by atoms with van der Waals surface area (Å²) in [5.41, 5.74) is 2.77. The molecule has 2 aliphatic rings. The number of fused-ring (bicyclic) bond motifs is 1. The largest absolute Gasteiger partial charge is 0.308 e. The van der Waals surface area contributed by atoms with Gasteiger partial charge in [-0.05, 0) is 55.5 Å². The highest BCUT2D eigenvalue weighted by atomic mass is 19.1. The fourth-order valence-corrected chi connectivity index (χ4v) is 3.63. The van der Waals surface area contributed by atoms with Gasteiger partial charge in [0, 0.05) is 11.7 Å². The first-order valence-electron chi connectivity index (χ1n) is 7.79. The molecule has 1 fully saturated rings. The maximum Gasteiger partial charge on any atom is 0.237 e. The Bertz CT molecular complexity index is 733. The van der Waals surface area contributed by atoms with E-state index < -0.39 is 5.41 Å². The maximum atomic E-state index is 13.2. The van der Waals surface area contributed by atoms with Crippen LogP contribution >= 0.6 is 0 Å². The van der Waals surface area contributed by atoms with Crippen molar-refractivity contribution in [2.24, 2.45) is 0 Å². The number of para-hydroxylation sites is 1. The van der Waals surface area contributed by atoms with Crippen LogP contribution in [0.1, 0.15) is 30.9 Å². The summed E-state index contributed by atoms with van der Waals surface area (Å²) in [6, 6.07) is 14.7. The molecule has 3 heteroatoms. The summed E-state index contributed by atoms with van der Waals surface area (Å²) in [5.74, 6) is -0.0940. The number of hydrogen-bond donors (Lipinski definition) is 0.